The highest BCUT2D eigenvalue weighted by atomic mass is 16.5. The summed E-state index contributed by atoms with van der Waals surface area (Å²) in [5.74, 6) is 1.84. The summed E-state index contributed by atoms with van der Waals surface area (Å²) in [5.41, 5.74) is 2.54. The summed E-state index contributed by atoms with van der Waals surface area (Å²) in [6.45, 7) is 0. The van der Waals surface area contributed by atoms with Gasteiger partial charge in [0.25, 0.3) is 0 Å². The topological polar surface area (TPSA) is 97.5 Å². The Morgan fingerprint density at radius 3 is 2.71 bits per heavy atom. The molecule has 1 aromatic heterocycles. The van der Waals surface area contributed by atoms with Crippen LogP contribution in [0.4, 0.5) is 0 Å². The Bertz CT molecular complexity index is 738. The van der Waals surface area contributed by atoms with Crippen molar-refractivity contribution in [2.24, 2.45) is 5.92 Å². The standard InChI is InChI=1S/C21H29N3O4/c1-27-18-12-10-16(11-13-18)20-22-21(28-24-20)17(14-19(25)23-26)9-5-8-15-6-3-2-4-7-15/h10-13,15,17,26H,2-9,14H2,1H3,(H,23,25)/t17-/m1/s1. The Kier molecular flexibility index (Phi) is 7.42. The van der Waals surface area contributed by atoms with E-state index in [0.29, 0.717) is 11.7 Å². The first-order valence-corrected chi connectivity index (χ1v) is 10.1. The van der Waals surface area contributed by atoms with Crippen molar-refractivity contribution in [1.29, 1.82) is 0 Å². The van der Waals surface area contributed by atoms with Crippen LogP contribution in [0.1, 0.15) is 69.6 Å². The average molecular weight is 387 g/mol. The fourth-order valence-electron chi connectivity index (χ4n) is 3.97. The molecule has 28 heavy (non-hydrogen) atoms. The molecule has 1 atom stereocenters. The molecule has 0 spiro atoms. The molecule has 0 bridgehead atoms. The Balaban J connectivity index is 1.65. The Morgan fingerprint density at radius 1 is 1.29 bits per heavy atom. The second kappa shape index (κ2) is 10.2. The molecule has 1 aliphatic carbocycles. The zero-order valence-corrected chi connectivity index (χ0v) is 16.4. The molecule has 7 heteroatoms. The summed E-state index contributed by atoms with van der Waals surface area (Å²) >= 11 is 0. The van der Waals surface area contributed by atoms with Gasteiger partial charge in [0.15, 0.2) is 0 Å². The number of carbonyl (C=O) groups is 1. The quantitative estimate of drug-likeness (QED) is 0.486. The van der Waals surface area contributed by atoms with Crippen molar-refractivity contribution in [1.82, 2.24) is 15.6 Å². The maximum Gasteiger partial charge on any atom is 0.244 e. The number of nitrogens with one attached hydrogen (secondary N) is 1. The third kappa shape index (κ3) is 5.55. The molecule has 0 aliphatic heterocycles. The highest BCUT2D eigenvalue weighted by Gasteiger charge is 2.23. The molecule has 1 heterocycles. The molecular weight excluding hydrogens is 358 g/mol. The summed E-state index contributed by atoms with van der Waals surface area (Å²) in [4.78, 5) is 16.3. The van der Waals surface area contributed by atoms with Gasteiger partial charge in [0, 0.05) is 17.9 Å². The van der Waals surface area contributed by atoms with Crippen LogP contribution in [0.5, 0.6) is 5.75 Å². The van der Waals surface area contributed by atoms with Crippen molar-refractivity contribution in [2.45, 2.75) is 63.7 Å². The van der Waals surface area contributed by atoms with Crippen molar-refractivity contribution in [3.63, 3.8) is 0 Å². The number of benzene rings is 1. The van der Waals surface area contributed by atoms with E-state index < -0.39 is 5.91 Å². The fourth-order valence-corrected chi connectivity index (χ4v) is 3.97. The van der Waals surface area contributed by atoms with Crippen LogP contribution < -0.4 is 10.2 Å². The van der Waals surface area contributed by atoms with Crippen LogP contribution in [0.2, 0.25) is 0 Å². The molecule has 0 radical (unpaired) electrons. The van der Waals surface area contributed by atoms with Gasteiger partial charge in [-0.2, -0.15) is 4.98 Å². The number of methoxy groups -OCH3 is 1. The Hall–Kier alpha value is -2.41. The van der Waals surface area contributed by atoms with Crippen LogP contribution >= 0.6 is 0 Å². The molecule has 1 aliphatic rings. The number of hydroxylamine groups is 1. The van der Waals surface area contributed by atoms with Crippen molar-refractivity contribution >= 4 is 5.91 Å². The first kappa shape index (κ1) is 20.3. The predicted molar refractivity (Wildman–Crippen MR) is 104 cm³/mol. The molecule has 1 amide bonds. The van der Waals surface area contributed by atoms with Crippen molar-refractivity contribution in [2.75, 3.05) is 7.11 Å². The summed E-state index contributed by atoms with van der Waals surface area (Å²) < 4.78 is 10.6. The number of rotatable bonds is 9. The number of aromatic nitrogens is 2. The third-order valence-electron chi connectivity index (χ3n) is 5.59. The predicted octanol–water partition coefficient (Wildman–Crippen LogP) is 4.47. The van der Waals surface area contributed by atoms with Gasteiger partial charge in [-0.3, -0.25) is 10.0 Å². The lowest BCUT2D eigenvalue weighted by Gasteiger charge is -2.22. The van der Waals surface area contributed by atoms with Crippen LogP contribution in [-0.4, -0.2) is 28.4 Å². The van der Waals surface area contributed by atoms with Gasteiger partial charge < -0.3 is 9.26 Å². The lowest BCUT2D eigenvalue weighted by Crippen LogP contribution is -2.21. The molecule has 2 N–H and O–H groups in total. The largest absolute Gasteiger partial charge is 0.497 e. The Morgan fingerprint density at radius 2 is 2.04 bits per heavy atom. The van der Waals surface area contributed by atoms with Crippen LogP contribution in [-0.2, 0) is 4.79 Å². The van der Waals surface area contributed by atoms with Crippen molar-refractivity contribution in [3.8, 4) is 17.1 Å². The smallest absolute Gasteiger partial charge is 0.244 e. The van der Waals surface area contributed by atoms with Gasteiger partial charge in [0.1, 0.15) is 5.75 Å². The number of nitrogens with zero attached hydrogens (tertiary/aromatic N) is 2. The number of amides is 1. The second-order valence-electron chi connectivity index (χ2n) is 7.56. The number of hydrogen-bond acceptors (Lipinski definition) is 6. The van der Waals surface area contributed by atoms with E-state index in [1.807, 2.05) is 24.3 Å². The van der Waals surface area contributed by atoms with Crippen molar-refractivity contribution < 1.29 is 19.3 Å². The van der Waals surface area contributed by atoms with Gasteiger partial charge in [0.2, 0.25) is 17.6 Å². The zero-order valence-electron chi connectivity index (χ0n) is 16.4. The molecule has 1 aromatic carbocycles. The number of ether oxygens (including phenoxy) is 1. The minimum Gasteiger partial charge on any atom is -0.497 e. The molecule has 7 nitrogen and oxygen atoms in total. The highest BCUT2D eigenvalue weighted by Crippen LogP contribution is 2.31. The third-order valence-corrected chi connectivity index (χ3v) is 5.59. The van der Waals surface area contributed by atoms with Crippen LogP contribution in [0.25, 0.3) is 11.4 Å². The lowest BCUT2D eigenvalue weighted by molar-refractivity contribution is -0.129. The Labute approximate surface area is 165 Å². The van der Waals surface area contributed by atoms with E-state index in [-0.39, 0.29) is 12.3 Å². The maximum atomic E-state index is 11.7. The SMILES string of the molecule is COc1ccc(-c2noc([C@H](CCCC3CCCCC3)CC(=O)NO)n2)cc1. The van der Waals surface area contributed by atoms with Gasteiger partial charge >= 0.3 is 0 Å². The molecule has 1 fully saturated rings. The van der Waals surface area contributed by atoms with Crippen molar-refractivity contribution in [3.05, 3.63) is 30.2 Å². The van der Waals surface area contributed by atoms with Gasteiger partial charge in [-0.1, -0.05) is 50.1 Å². The summed E-state index contributed by atoms with van der Waals surface area (Å²) in [6.07, 6.45) is 9.72. The van der Waals surface area contributed by atoms with E-state index in [1.165, 1.54) is 32.1 Å². The molecular formula is C21H29N3O4. The summed E-state index contributed by atoms with van der Waals surface area (Å²) in [5, 5.41) is 13.0. The molecule has 2 aromatic rings. The normalized spacial score (nSPS) is 15.9. The van der Waals surface area contributed by atoms with E-state index in [1.54, 1.807) is 12.6 Å². The van der Waals surface area contributed by atoms with E-state index in [2.05, 4.69) is 10.1 Å². The monoisotopic (exact) mass is 387 g/mol. The van der Waals surface area contributed by atoms with E-state index >= 15 is 0 Å². The van der Waals surface area contributed by atoms with Gasteiger partial charge in [-0.05, 0) is 36.6 Å². The summed E-state index contributed by atoms with van der Waals surface area (Å²) in [7, 11) is 1.62. The van der Waals surface area contributed by atoms with Crippen LogP contribution in [0, 0.1) is 5.92 Å². The number of carbonyl (C=O) groups excluding carboxylic acids is 1. The molecule has 3 rings (SSSR count). The minimum absolute atomic E-state index is 0.130. The summed E-state index contributed by atoms with van der Waals surface area (Å²) in [6, 6.07) is 7.41. The second-order valence-corrected chi connectivity index (χ2v) is 7.56. The number of hydrogen-bond donors (Lipinski definition) is 2. The first-order valence-electron chi connectivity index (χ1n) is 10.1. The van der Waals surface area contributed by atoms with Crippen LogP contribution in [0.3, 0.4) is 0 Å². The molecule has 0 saturated heterocycles. The molecule has 0 unspecified atom stereocenters. The molecule has 152 valence electrons. The van der Waals surface area contributed by atoms with Gasteiger partial charge in [-0.15, -0.1) is 0 Å². The minimum atomic E-state index is -0.438. The average Bonchev–Trinajstić information content (AvgIpc) is 3.24. The fraction of sp³-hybridized carbons (Fsp3) is 0.571. The van der Waals surface area contributed by atoms with Gasteiger partial charge in [0.05, 0.1) is 7.11 Å². The van der Waals surface area contributed by atoms with Gasteiger partial charge in [-0.25, -0.2) is 5.48 Å². The maximum absolute atomic E-state index is 11.7. The molecule has 1 saturated carbocycles. The highest BCUT2D eigenvalue weighted by molar-refractivity contribution is 5.75. The van der Waals surface area contributed by atoms with Crippen LogP contribution in [0.15, 0.2) is 28.8 Å². The zero-order chi connectivity index (χ0) is 19.8. The van der Waals surface area contributed by atoms with E-state index in [9.17, 15) is 4.79 Å². The van der Waals surface area contributed by atoms with E-state index in [4.69, 9.17) is 14.5 Å². The first-order chi connectivity index (χ1) is 13.7. The van der Waals surface area contributed by atoms with E-state index in [0.717, 1.165) is 36.5 Å². The lowest BCUT2D eigenvalue weighted by atomic mass is 9.84.